The van der Waals surface area contributed by atoms with Gasteiger partial charge in [0.15, 0.2) is 11.6 Å². The highest BCUT2D eigenvalue weighted by atomic mass is 79.9. The van der Waals surface area contributed by atoms with Gasteiger partial charge in [-0.15, -0.1) is 6.42 Å². The molecule has 0 spiro atoms. The van der Waals surface area contributed by atoms with E-state index in [9.17, 15) is 9.59 Å². The van der Waals surface area contributed by atoms with E-state index in [1.807, 2.05) is 18.2 Å². The summed E-state index contributed by atoms with van der Waals surface area (Å²) >= 11 is 3.58. The largest absolute Gasteiger partial charge is 0.480 e. The normalized spacial score (nSPS) is 22.5. The summed E-state index contributed by atoms with van der Waals surface area (Å²) in [5.41, 5.74) is 4.15. The smallest absolute Gasteiger partial charge is 0.162 e. The number of ether oxygens (including phenoxy) is 1. The van der Waals surface area contributed by atoms with Gasteiger partial charge in [0.1, 0.15) is 12.4 Å². The molecule has 31 heavy (non-hydrogen) atoms. The van der Waals surface area contributed by atoms with Crippen LogP contribution < -0.4 is 10.1 Å². The summed E-state index contributed by atoms with van der Waals surface area (Å²) in [6.45, 7) is 8.68. The molecule has 4 rings (SSSR count). The van der Waals surface area contributed by atoms with Crippen molar-refractivity contribution >= 4 is 27.5 Å². The Hall–Kier alpha value is -2.32. The maximum atomic E-state index is 13.3. The van der Waals surface area contributed by atoms with Crippen LogP contribution in [0.4, 0.5) is 0 Å². The fraction of sp³-hybridized carbons (Fsp3) is 0.462. The first-order valence-electron chi connectivity index (χ1n) is 10.7. The van der Waals surface area contributed by atoms with Gasteiger partial charge in [0.25, 0.3) is 0 Å². The molecule has 1 heterocycles. The van der Waals surface area contributed by atoms with Crippen molar-refractivity contribution in [3.8, 4) is 18.1 Å². The molecule has 1 aliphatic heterocycles. The Kier molecular flexibility index (Phi) is 5.42. The summed E-state index contributed by atoms with van der Waals surface area (Å²) in [6, 6.07) is 5.76. The Balaban J connectivity index is 1.86. The van der Waals surface area contributed by atoms with Crippen molar-refractivity contribution in [3.05, 3.63) is 50.8 Å². The predicted octanol–water partition coefficient (Wildman–Crippen LogP) is 5.43. The number of hydrogen-bond donors (Lipinski definition) is 1. The van der Waals surface area contributed by atoms with Crippen LogP contribution in [0.25, 0.3) is 0 Å². The average molecular weight is 482 g/mol. The number of carbonyl (C=O) groups is 2. The second kappa shape index (κ2) is 7.67. The first-order valence-corrected chi connectivity index (χ1v) is 11.5. The Morgan fingerprint density at radius 1 is 1.03 bits per heavy atom. The number of halogens is 1. The summed E-state index contributed by atoms with van der Waals surface area (Å²) in [4.78, 5) is 26.7. The van der Waals surface area contributed by atoms with Gasteiger partial charge < -0.3 is 10.1 Å². The fourth-order valence-electron chi connectivity index (χ4n) is 5.16. The minimum absolute atomic E-state index is 0.104. The molecular weight excluding hydrogens is 454 g/mol. The topological polar surface area (TPSA) is 55.4 Å². The number of Topliss-reactive ketones (excluding diaryl/α,β-unsaturated/α-hetero) is 2. The second-order valence-electron chi connectivity index (χ2n) is 10.4. The van der Waals surface area contributed by atoms with E-state index < -0.39 is 0 Å². The monoisotopic (exact) mass is 481 g/mol. The summed E-state index contributed by atoms with van der Waals surface area (Å²) in [7, 11) is 0. The van der Waals surface area contributed by atoms with Gasteiger partial charge in [-0.25, -0.2) is 0 Å². The molecule has 0 amide bonds. The number of rotatable bonds is 3. The molecule has 1 aromatic rings. The van der Waals surface area contributed by atoms with Crippen LogP contribution in [-0.2, 0) is 9.59 Å². The molecule has 0 atom stereocenters. The summed E-state index contributed by atoms with van der Waals surface area (Å²) in [5.74, 6) is 3.01. The van der Waals surface area contributed by atoms with Gasteiger partial charge in [0, 0.05) is 41.3 Å². The number of terminal acetylenes is 1. The van der Waals surface area contributed by atoms with Gasteiger partial charge in [-0.05, 0) is 57.3 Å². The maximum Gasteiger partial charge on any atom is 0.162 e. The summed E-state index contributed by atoms with van der Waals surface area (Å²) in [6.07, 6.45) is 7.86. The average Bonchev–Trinajstić information content (AvgIpc) is 2.63. The maximum absolute atomic E-state index is 13.3. The molecule has 3 aliphatic rings. The standard InChI is InChI=1S/C26H28BrNO3/c1-6-9-31-21-8-7-15(10-16(21)27)22-23-17(11-25(2,3)13-19(23)29)28-18-12-26(4,5)14-20(30)24(18)22/h1,7-8,10,22,28H,9,11-14H2,2-5H3. The molecule has 5 heteroatoms. The molecule has 0 aromatic heterocycles. The highest BCUT2D eigenvalue weighted by molar-refractivity contribution is 9.10. The van der Waals surface area contributed by atoms with Crippen LogP contribution in [0.2, 0.25) is 0 Å². The lowest BCUT2D eigenvalue weighted by molar-refractivity contribution is -0.119. The number of allylic oxidation sites excluding steroid dienone is 4. The van der Waals surface area contributed by atoms with Gasteiger partial charge in [0.05, 0.1) is 4.47 Å². The van der Waals surface area contributed by atoms with E-state index in [0.29, 0.717) is 18.6 Å². The predicted molar refractivity (Wildman–Crippen MR) is 124 cm³/mol. The second-order valence-corrected chi connectivity index (χ2v) is 11.3. The molecule has 0 saturated heterocycles. The van der Waals surface area contributed by atoms with Crippen LogP contribution >= 0.6 is 15.9 Å². The molecule has 0 saturated carbocycles. The van der Waals surface area contributed by atoms with Gasteiger partial charge in [-0.1, -0.05) is 39.7 Å². The Morgan fingerprint density at radius 3 is 2.06 bits per heavy atom. The summed E-state index contributed by atoms with van der Waals surface area (Å²) < 4.78 is 6.34. The van der Waals surface area contributed by atoms with E-state index in [4.69, 9.17) is 11.2 Å². The Morgan fingerprint density at radius 2 is 1.58 bits per heavy atom. The molecule has 4 nitrogen and oxygen atoms in total. The van der Waals surface area contributed by atoms with Crippen molar-refractivity contribution in [2.45, 2.75) is 59.3 Å². The van der Waals surface area contributed by atoms with Gasteiger partial charge in [0.2, 0.25) is 0 Å². The van der Waals surface area contributed by atoms with Crippen molar-refractivity contribution in [1.82, 2.24) is 5.32 Å². The molecule has 162 valence electrons. The Bertz CT molecular complexity index is 1030. The minimum atomic E-state index is -0.351. The zero-order valence-electron chi connectivity index (χ0n) is 18.5. The molecule has 2 aliphatic carbocycles. The first kappa shape index (κ1) is 21.9. The fourth-order valence-corrected chi connectivity index (χ4v) is 5.67. The number of benzene rings is 1. The van der Waals surface area contributed by atoms with Crippen LogP contribution in [0.15, 0.2) is 45.2 Å². The van der Waals surface area contributed by atoms with E-state index in [1.165, 1.54) is 0 Å². The summed E-state index contributed by atoms with van der Waals surface area (Å²) in [5, 5.41) is 3.54. The van der Waals surface area contributed by atoms with Crippen LogP contribution in [0.1, 0.15) is 64.9 Å². The number of hydrogen-bond acceptors (Lipinski definition) is 4. The van der Waals surface area contributed by atoms with E-state index in [-0.39, 0.29) is 34.9 Å². The minimum Gasteiger partial charge on any atom is -0.480 e. The van der Waals surface area contributed by atoms with E-state index >= 15 is 0 Å². The lowest BCUT2D eigenvalue weighted by Gasteiger charge is -2.44. The van der Waals surface area contributed by atoms with Crippen LogP contribution in [0, 0.1) is 23.2 Å². The molecular formula is C26H28BrNO3. The molecule has 0 radical (unpaired) electrons. The quantitative estimate of drug-likeness (QED) is 0.584. The van der Waals surface area contributed by atoms with Crippen LogP contribution in [-0.4, -0.2) is 18.2 Å². The van der Waals surface area contributed by atoms with Gasteiger partial charge in [-0.3, -0.25) is 9.59 Å². The van der Waals surface area contributed by atoms with Gasteiger partial charge >= 0.3 is 0 Å². The lowest BCUT2D eigenvalue weighted by atomic mass is 9.64. The third kappa shape index (κ3) is 4.11. The SMILES string of the molecule is C#CCOc1ccc(C2C3=C(CC(C)(C)CC3=O)NC3=C2C(=O)CC(C)(C)C3)cc1Br. The van der Waals surface area contributed by atoms with Crippen molar-refractivity contribution < 1.29 is 14.3 Å². The molecule has 0 unspecified atom stereocenters. The van der Waals surface area contributed by atoms with Crippen molar-refractivity contribution in [2.24, 2.45) is 10.8 Å². The zero-order chi connectivity index (χ0) is 22.6. The van der Waals surface area contributed by atoms with Crippen molar-refractivity contribution in [2.75, 3.05) is 6.61 Å². The zero-order valence-corrected chi connectivity index (χ0v) is 20.1. The molecule has 1 N–H and O–H groups in total. The molecule has 0 bridgehead atoms. The number of dihydropyridines is 1. The number of carbonyl (C=O) groups excluding carboxylic acids is 2. The molecule has 0 fully saturated rings. The van der Waals surface area contributed by atoms with E-state index in [2.05, 4.69) is 54.9 Å². The third-order valence-electron chi connectivity index (χ3n) is 6.32. The van der Waals surface area contributed by atoms with Gasteiger partial charge in [-0.2, -0.15) is 0 Å². The van der Waals surface area contributed by atoms with Crippen molar-refractivity contribution in [1.29, 1.82) is 0 Å². The Labute approximate surface area is 192 Å². The highest BCUT2D eigenvalue weighted by Gasteiger charge is 2.46. The molecule has 1 aromatic carbocycles. The first-order chi connectivity index (χ1) is 14.5. The van der Waals surface area contributed by atoms with Crippen LogP contribution in [0.5, 0.6) is 5.75 Å². The van der Waals surface area contributed by atoms with E-state index in [1.54, 1.807) is 0 Å². The van der Waals surface area contributed by atoms with Crippen LogP contribution in [0.3, 0.4) is 0 Å². The number of ketones is 2. The lowest BCUT2D eigenvalue weighted by Crippen LogP contribution is -2.42. The van der Waals surface area contributed by atoms with E-state index in [0.717, 1.165) is 45.4 Å². The third-order valence-corrected chi connectivity index (χ3v) is 6.94. The highest BCUT2D eigenvalue weighted by Crippen LogP contribution is 2.51. The number of nitrogens with one attached hydrogen (secondary N) is 1. The van der Waals surface area contributed by atoms with Crippen molar-refractivity contribution in [3.63, 3.8) is 0 Å².